The van der Waals surface area contributed by atoms with Crippen LogP contribution in [0.15, 0.2) is 30.3 Å². The van der Waals surface area contributed by atoms with Gasteiger partial charge >= 0.3 is 0 Å². The van der Waals surface area contributed by atoms with Gasteiger partial charge in [-0.05, 0) is 31.2 Å². The van der Waals surface area contributed by atoms with Gasteiger partial charge in [0, 0.05) is 11.6 Å². The molecular weight excluding hydrogens is 333 g/mol. The molecule has 4 rings (SSSR count). The Kier molecular flexibility index (Phi) is 3.31. The average molecular weight is 344 g/mol. The molecule has 120 valence electrons. The molecule has 0 spiro atoms. The van der Waals surface area contributed by atoms with Gasteiger partial charge in [-0.2, -0.15) is 4.98 Å². The first kappa shape index (κ1) is 14.8. The summed E-state index contributed by atoms with van der Waals surface area (Å²) < 4.78 is 20.4. The van der Waals surface area contributed by atoms with E-state index in [0.29, 0.717) is 39.8 Å². The van der Waals surface area contributed by atoms with Gasteiger partial charge in [0.2, 0.25) is 5.88 Å². The number of aromatic nitrogens is 5. The molecule has 3 heterocycles. The third-order valence-corrected chi connectivity index (χ3v) is 3.99. The smallest absolute Gasteiger partial charge is 0.215 e. The predicted molar refractivity (Wildman–Crippen MR) is 87.8 cm³/mol. The van der Waals surface area contributed by atoms with Crippen LogP contribution in [0.4, 0.5) is 4.39 Å². The van der Waals surface area contributed by atoms with Crippen molar-refractivity contribution in [2.75, 3.05) is 7.11 Å². The van der Waals surface area contributed by atoms with Crippen molar-refractivity contribution in [3.8, 4) is 17.3 Å². The Labute approximate surface area is 140 Å². The van der Waals surface area contributed by atoms with E-state index in [0.717, 1.165) is 0 Å². The maximum Gasteiger partial charge on any atom is 0.215 e. The highest BCUT2D eigenvalue weighted by Crippen LogP contribution is 2.28. The molecule has 0 atom stereocenters. The van der Waals surface area contributed by atoms with Crippen LogP contribution >= 0.6 is 11.6 Å². The van der Waals surface area contributed by atoms with Gasteiger partial charge < -0.3 is 4.74 Å². The normalized spacial score (nSPS) is 11.3. The van der Waals surface area contributed by atoms with Crippen molar-refractivity contribution >= 4 is 28.4 Å². The standard InChI is InChI=1S/C16H11ClFN5O/c1-8-14-22-21-12-5-6-13(24-2)20-16(12)23(14)15(19-8)9-3-4-11(18)10(17)7-9/h3-7H,1-2H3. The maximum atomic E-state index is 13.5. The number of pyridine rings is 1. The van der Waals surface area contributed by atoms with E-state index in [1.807, 2.05) is 6.92 Å². The fourth-order valence-corrected chi connectivity index (χ4v) is 2.73. The van der Waals surface area contributed by atoms with Crippen LogP contribution in [0.3, 0.4) is 0 Å². The molecule has 6 nitrogen and oxygen atoms in total. The summed E-state index contributed by atoms with van der Waals surface area (Å²) >= 11 is 5.91. The zero-order chi connectivity index (χ0) is 16.8. The summed E-state index contributed by atoms with van der Waals surface area (Å²) in [5.41, 5.74) is 3.05. The molecule has 0 amide bonds. The SMILES string of the molecule is COc1ccc2nnc3c(C)nc(-c4ccc(F)c(Cl)c4)n3c2n1. The van der Waals surface area contributed by atoms with E-state index >= 15 is 0 Å². The van der Waals surface area contributed by atoms with Crippen molar-refractivity contribution in [1.29, 1.82) is 0 Å². The molecule has 0 aliphatic carbocycles. The number of nitrogens with zero attached hydrogens (tertiary/aromatic N) is 5. The second kappa shape index (κ2) is 5.38. The van der Waals surface area contributed by atoms with Crippen molar-refractivity contribution in [3.05, 3.63) is 46.9 Å². The average Bonchev–Trinajstić information content (AvgIpc) is 2.94. The topological polar surface area (TPSA) is 65.2 Å². The molecule has 0 N–H and O–H groups in total. The first-order valence-corrected chi connectivity index (χ1v) is 7.48. The third kappa shape index (κ3) is 2.16. The van der Waals surface area contributed by atoms with Crippen molar-refractivity contribution in [2.24, 2.45) is 0 Å². The van der Waals surface area contributed by atoms with Crippen LogP contribution < -0.4 is 4.74 Å². The number of imidazole rings is 1. The number of ether oxygens (including phenoxy) is 1. The molecular formula is C16H11ClFN5O. The van der Waals surface area contributed by atoms with E-state index in [9.17, 15) is 4.39 Å². The van der Waals surface area contributed by atoms with E-state index in [1.54, 1.807) is 29.7 Å². The molecule has 3 aromatic heterocycles. The second-order valence-electron chi connectivity index (χ2n) is 5.21. The third-order valence-electron chi connectivity index (χ3n) is 3.70. The lowest BCUT2D eigenvalue weighted by atomic mass is 10.2. The van der Waals surface area contributed by atoms with Crippen molar-refractivity contribution in [3.63, 3.8) is 0 Å². The number of hydrogen-bond acceptors (Lipinski definition) is 5. The van der Waals surface area contributed by atoms with E-state index < -0.39 is 5.82 Å². The maximum absolute atomic E-state index is 13.5. The minimum absolute atomic E-state index is 0.0266. The molecule has 0 unspecified atom stereocenters. The minimum atomic E-state index is -0.484. The molecule has 0 bridgehead atoms. The Bertz CT molecular complexity index is 1090. The summed E-state index contributed by atoms with van der Waals surface area (Å²) in [6, 6.07) is 7.92. The number of aryl methyl sites for hydroxylation is 1. The van der Waals surface area contributed by atoms with Gasteiger partial charge in [0.25, 0.3) is 0 Å². The molecule has 0 radical (unpaired) electrons. The van der Waals surface area contributed by atoms with Crippen LogP contribution in [0.1, 0.15) is 5.69 Å². The monoisotopic (exact) mass is 343 g/mol. The van der Waals surface area contributed by atoms with Crippen LogP contribution in [-0.2, 0) is 0 Å². The number of benzene rings is 1. The van der Waals surface area contributed by atoms with E-state index in [1.165, 1.54) is 12.1 Å². The highest BCUT2D eigenvalue weighted by molar-refractivity contribution is 6.31. The fourth-order valence-electron chi connectivity index (χ4n) is 2.55. The first-order valence-electron chi connectivity index (χ1n) is 7.10. The Balaban J connectivity index is 2.11. The molecule has 0 saturated carbocycles. The molecule has 0 fully saturated rings. The van der Waals surface area contributed by atoms with Crippen LogP contribution in [0.2, 0.25) is 5.02 Å². The highest BCUT2D eigenvalue weighted by Gasteiger charge is 2.17. The lowest BCUT2D eigenvalue weighted by molar-refractivity contribution is 0.399. The molecule has 0 aliphatic heterocycles. The quantitative estimate of drug-likeness (QED) is 0.557. The Morgan fingerprint density at radius 1 is 1.08 bits per heavy atom. The number of methoxy groups -OCH3 is 1. The van der Waals surface area contributed by atoms with Gasteiger partial charge in [0.15, 0.2) is 11.3 Å². The molecule has 8 heteroatoms. The van der Waals surface area contributed by atoms with Crippen molar-refractivity contribution < 1.29 is 9.13 Å². The lowest BCUT2D eigenvalue weighted by Crippen LogP contribution is -2.00. The van der Waals surface area contributed by atoms with E-state index in [-0.39, 0.29) is 5.02 Å². The fraction of sp³-hybridized carbons (Fsp3) is 0.125. The van der Waals surface area contributed by atoms with Gasteiger partial charge in [-0.1, -0.05) is 11.6 Å². The Morgan fingerprint density at radius 3 is 2.67 bits per heavy atom. The number of halogens is 2. The second-order valence-corrected chi connectivity index (χ2v) is 5.61. The summed E-state index contributed by atoms with van der Waals surface area (Å²) in [6.07, 6.45) is 0. The van der Waals surface area contributed by atoms with Crippen LogP contribution in [0, 0.1) is 12.7 Å². The summed E-state index contributed by atoms with van der Waals surface area (Å²) in [7, 11) is 1.54. The summed E-state index contributed by atoms with van der Waals surface area (Å²) in [4.78, 5) is 8.99. The molecule has 1 aromatic carbocycles. The van der Waals surface area contributed by atoms with Gasteiger partial charge in [-0.3, -0.25) is 4.40 Å². The molecule has 4 aromatic rings. The summed E-state index contributed by atoms with van der Waals surface area (Å²) in [5.74, 6) is 0.527. The molecule has 0 saturated heterocycles. The minimum Gasteiger partial charge on any atom is -0.481 e. The molecule has 24 heavy (non-hydrogen) atoms. The zero-order valence-electron chi connectivity index (χ0n) is 12.8. The zero-order valence-corrected chi connectivity index (χ0v) is 13.5. The van der Waals surface area contributed by atoms with Crippen LogP contribution in [-0.4, -0.2) is 31.7 Å². The van der Waals surface area contributed by atoms with Gasteiger partial charge in [0.1, 0.15) is 17.2 Å². The van der Waals surface area contributed by atoms with Crippen molar-refractivity contribution in [1.82, 2.24) is 24.6 Å². The summed E-state index contributed by atoms with van der Waals surface area (Å²) in [5, 5.41) is 8.41. The number of fused-ring (bicyclic) bond motifs is 3. The van der Waals surface area contributed by atoms with Gasteiger partial charge in [-0.15, -0.1) is 10.2 Å². The summed E-state index contributed by atoms with van der Waals surface area (Å²) in [6.45, 7) is 1.82. The Hall–Kier alpha value is -2.80. The van der Waals surface area contributed by atoms with E-state index in [2.05, 4.69) is 20.2 Å². The van der Waals surface area contributed by atoms with Gasteiger partial charge in [-0.25, -0.2) is 9.37 Å². The van der Waals surface area contributed by atoms with Crippen LogP contribution in [0.5, 0.6) is 5.88 Å². The number of hydrogen-bond donors (Lipinski definition) is 0. The van der Waals surface area contributed by atoms with Crippen LogP contribution in [0.25, 0.3) is 28.2 Å². The van der Waals surface area contributed by atoms with Gasteiger partial charge in [0.05, 0.1) is 17.8 Å². The highest BCUT2D eigenvalue weighted by atomic mass is 35.5. The first-order chi connectivity index (χ1) is 11.6. The number of rotatable bonds is 2. The lowest BCUT2D eigenvalue weighted by Gasteiger charge is -2.06. The van der Waals surface area contributed by atoms with Crippen molar-refractivity contribution in [2.45, 2.75) is 6.92 Å². The van der Waals surface area contributed by atoms with E-state index in [4.69, 9.17) is 16.3 Å². The largest absolute Gasteiger partial charge is 0.481 e. The Morgan fingerprint density at radius 2 is 1.92 bits per heavy atom. The predicted octanol–water partition coefficient (Wildman–Crippen LogP) is 3.45. The molecule has 0 aliphatic rings.